The molecule has 0 atom stereocenters. The summed E-state index contributed by atoms with van der Waals surface area (Å²) in [6.45, 7) is -0.420. The van der Waals surface area contributed by atoms with Crippen molar-refractivity contribution in [3.05, 3.63) is 42.0 Å². The highest BCUT2D eigenvalue weighted by Gasteiger charge is 2.14. The van der Waals surface area contributed by atoms with Crippen LogP contribution in [0.15, 0.2) is 42.0 Å². The van der Waals surface area contributed by atoms with Crippen molar-refractivity contribution in [3.63, 3.8) is 0 Å². The molecule has 1 aromatic carbocycles. The van der Waals surface area contributed by atoms with Crippen molar-refractivity contribution < 1.29 is 14.6 Å². The van der Waals surface area contributed by atoms with E-state index in [1.807, 2.05) is 35.7 Å². The minimum absolute atomic E-state index is 0.303. The fourth-order valence-corrected chi connectivity index (χ4v) is 2.82. The minimum atomic E-state index is -1.03. The number of carboxylic acids is 1. The predicted molar refractivity (Wildman–Crippen MR) is 76.0 cm³/mol. The smallest absolute Gasteiger partial charge is 0.341 e. The van der Waals surface area contributed by atoms with Crippen LogP contribution >= 0.6 is 11.3 Å². The molecule has 2 aromatic heterocycles. The lowest BCUT2D eigenvalue weighted by atomic mass is 10.1. The maximum Gasteiger partial charge on any atom is 0.341 e. The van der Waals surface area contributed by atoms with E-state index in [9.17, 15) is 4.79 Å². The summed E-state index contributed by atoms with van der Waals surface area (Å²) in [7, 11) is 0. The number of benzene rings is 1. The number of fused-ring (bicyclic) bond motifs is 1. The predicted octanol–water partition coefficient (Wildman–Crippen LogP) is 2.82. The standard InChI is InChI=1S/C14H10N2O3S/c17-11(18)6-19-13-12-10(9-4-2-1-3-5-9)7-20-14(12)16-8-15-13/h1-5,7-8H,6H2,(H,17,18). The Labute approximate surface area is 118 Å². The molecule has 0 saturated heterocycles. The zero-order valence-corrected chi connectivity index (χ0v) is 11.1. The van der Waals surface area contributed by atoms with Gasteiger partial charge in [-0.25, -0.2) is 14.8 Å². The van der Waals surface area contributed by atoms with E-state index in [1.165, 1.54) is 17.7 Å². The number of aromatic nitrogens is 2. The molecule has 0 aliphatic heterocycles. The number of carboxylic acid groups (broad SMARTS) is 1. The second-order valence-electron chi connectivity index (χ2n) is 4.06. The van der Waals surface area contributed by atoms with Crippen LogP contribution in [0.3, 0.4) is 0 Å². The highest BCUT2D eigenvalue weighted by molar-refractivity contribution is 7.17. The first kappa shape index (κ1) is 12.6. The lowest BCUT2D eigenvalue weighted by Gasteiger charge is -2.05. The van der Waals surface area contributed by atoms with E-state index in [2.05, 4.69) is 9.97 Å². The Bertz CT molecular complexity index is 755. The SMILES string of the molecule is O=C(O)COc1ncnc2scc(-c3ccccc3)c12. The first-order valence-electron chi connectivity index (χ1n) is 5.88. The average Bonchev–Trinajstić information content (AvgIpc) is 2.90. The Kier molecular flexibility index (Phi) is 3.30. The van der Waals surface area contributed by atoms with Crippen LogP contribution in [0.2, 0.25) is 0 Å². The van der Waals surface area contributed by atoms with Crippen LogP contribution < -0.4 is 4.74 Å². The lowest BCUT2D eigenvalue weighted by Crippen LogP contribution is -2.10. The van der Waals surface area contributed by atoms with Crippen molar-refractivity contribution >= 4 is 27.5 Å². The van der Waals surface area contributed by atoms with E-state index < -0.39 is 12.6 Å². The largest absolute Gasteiger partial charge is 0.479 e. The molecular formula is C14H10N2O3S. The Balaban J connectivity index is 2.12. The van der Waals surface area contributed by atoms with Gasteiger partial charge in [-0.2, -0.15) is 0 Å². The number of thiophene rings is 1. The van der Waals surface area contributed by atoms with Crippen LogP contribution in [0.1, 0.15) is 0 Å². The molecule has 0 unspecified atom stereocenters. The second kappa shape index (κ2) is 5.26. The Morgan fingerprint density at radius 2 is 2.05 bits per heavy atom. The Hall–Kier alpha value is -2.47. The first-order valence-corrected chi connectivity index (χ1v) is 6.76. The van der Waals surface area contributed by atoms with Gasteiger partial charge < -0.3 is 9.84 Å². The molecule has 0 bridgehead atoms. The molecule has 2 heterocycles. The van der Waals surface area contributed by atoms with Crippen molar-refractivity contribution in [2.24, 2.45) is 0 Å². The van der Waals surface area contributed by atoms with E-state index >= 15 is 0 Å². The third kappa shape index (κ3) is 2.33. The van der Waals surface area contributed by atoms with E-state index in [-0.39, 0.29) is 0 Å². The van der Waals surface area contributed by atoms with Crippen LogP contribution in [0.4, 0.5) is 0 Å². The molecule has 0 aliphatic carbocycles. The molecule has 0 fully saturated rings. The second-order valence-corrected chi connectivity index (χ2v) is 4.91. The summed E-state index contributed by atoms with van der Waals surface area (Å²) in [6.07, 6.45) is 1.38. The van der Waals surface area contributed by atoms with E-state index in [1.54, 1.807) is 0 Å². The molecule has 100 valence electrons. The number of carbonyl (C=O) groups is 1. The minimum Gasteiger partial charge on any atom is -0.479 e. The van der Waals surface area contributed by atoms with Crippen LogP contribution in [0.25, 0.3) is 21.3 Å². The zero-order valence-electron chi connectivity index (χ0n) is 10.3. The van der Waals surface area contributed by atoms with Crippen LogP contribution in [0.5, 0.6) is 5.88 Å². The normalized spacial score (nSPS) is 10.6. The molecule has 3 aromatic rings. The molecule has 6 heteroatoms. The third-order valence-electron chi connectivity index (χ3n) is 2.75. The maximum absolute atomic E-state index is 10.6. The monoisotopic (exact) mass is 286 g/mol. The van der Waals surface area contributed by atoms with Gasteiger partial charge in [0.1, 0.15) is 11.2 Å². The Morgan fingerprint density at radius 1 is 1.25 bits per heavy atom. The third-order valence-corrected chi connectivity index (χ3v) is 3.64. The fourth-order valence-electron chi connectivity index (χ4n) is 1.92. The van der Waals surface area contributed by atoms with Gasteiger partial charge in [0.05, 0.1) is 5.39 Å². The molecule has 5 nitrogen and oxygen atoms in total. The summed E-state index contributed by atoms with van der Waals surface area (Å²) in [4.78, 5) is 19.7. The van der Waals surface area contributed by atoms with Crippen LogP contribution in [0, 0.1) is 0 Å². The highest BCUT2D eigenvalue weighted by atomic mass is 32.1. The Morgan fingerprint density at radius 3 is 2.80 bits per heavy atom. The van der Waals surface area contributed by atoms with Gasteiger partial charge in [-0.15, -0.1) is 11.3 Å². The summed E-state index contributed by atoms with van der Waals surface area (Å²) in [5, 5.41) is 11.4. The topological polar surface area (TPSA) is 72.3 Å². The highest BCUT2D eigenvalue weighted by Crippen LogP contribution is 2.37. The van der Waals surface area contributed by atoms with Crippen LogP contribution in [-0.4, -0.2) is 27.7 Å². The lowest BCUT2D eigenvalue weighted by molar-refractivity contribution is -0.139. The van der Waals surface area contributed by atoms with Gasteiger partial charge in [0.25, 0.3) is 0 Å². The van der Waals surface area contributed by atoms with Gasteiger partial charge in [0.2, 0.25) is 5.88 Å². The number of hydrogen-bond donors (Lipinski definition) is 1. The fraction of sp³-hybridized carbons (Fsp3) is 0.0714. The summed E-state index contributed by atoms with van der Waals surface area (Å²) >= 11 is 1.48. The van der Waals surface area contributed by atoms with Gasteiger partial charge in [0, 0.05) is 10.9 Å². The summed E-state index contributed by atoms with van der Waals surface area (Å²) in [5.41, 5.74) is 1.97. The number of aliphatic carboxylic acids is 1. The van der Waals surface area contributed by atoms with Crippen molar-refractivity contribution in [2.45, 2.75) is 0 Å². The zero-order chi connectivity index (χ0) is 13.9. The van der Waals surface area contributed by atoms with Gasteiger partial charge in [-0.05, 0) is 5.56 Å². The molecule has 0 saturated carbocycles. The molecule has 3 rings (SSSR count). The molecule has 20 heavy (non-hydrogen) atoms. The van der Waals surface area contributed by atoms with Crippen molar-refractivity contribution in [2.75, 3.05) is 6.61 Å². The van der Waals surface area contributed by atoms with E-state index in [4.69, 9.17) is 9.84 Å². The molecule has 1 N–H and O–H groups in total. The van der Waals surface area contributed by atoms with E-state index in [0.29, 0.717) is 5.88 Å². The van der Waals surface area contributed by atoms with Crippen molar-refractivity contribution in [3.8, 4) is 17.0 Å². The van der Waals surface area contributed by atoms with Gasteiger partial charge in [0.15, 0.2) is 6.61 Å². The molecule has 0 aliphatic rings. The van der Waals surface area contributed by atoms with Crippen molar-refractivity contribution in [1.82, 2.24) is 9.97 Å². The number of ether oxygens (including phenoxy) is 1. The number of rotatable bonds is 4. The molecule has 0 amide bonds. The number of nitrogens with zero attached hydrogens (tertiary/aromatic N) is 2. The van der Waals surface area contributed by atoms with Gasteiger partial charge in [-0.1, -0.05) is 30.3 Å². The summed E-state index contributed by atoms with van der Waals surface area (Å²) in [5.74, 6) is -0.731. The summed E-state index contributed by atoms with van der Waals surface area (Å²) in [6, 6.07) is 9.79. The van der Waals surface area contributed by atoms with Crippen LogP contribution in [-0.2, 0) is 4.79 Å². The van der Waals surface area contributed by atoms with Crippen molar-refractivity contribution in [1.29, 1.82) is 0 Å². The summed E-state index contributed by atoms with van der Waals surface area (Å²) < 4.78 is 5.26. The van der Waals surface area contributed by atoms with Gasteiger partial charge in [-0.3, -0.25) is 0 Å². The molecular weight excluding hydrogens is 276 g/mol. The first-order chi connectivity index (χ1) is 9.75. The average molecular weight is 286 g/mol. The molecule has 0 radical (unpaired) electrons. The maximum atomic E-state index is 10.6. The molecule has 0 spiro atoms. The van der Waals surface area contributed by atoms with Gasteiger partial charge >= 0.3 is 5.97 Å². The van der Waals surface area contributed by atoms with E-state index in [0.717, 1.165) is 21.3 Å². The number of hydrogen-bond acceptors (Lipinski definition) is 5. The quantitative estimate of drug-likeness (QED) is 0.798.